The van der Waals surface area contributed by atoms with Crippen molar-refractivity contribution < 1.29 is 45.0 Å². The number of fused-ring (bicyclic) bond motifs is 1. The van der Waals surface area contributed by atoms with E-state index < -0.39 is 64.9 Å². The van der Waals surface area contributed by atoms with Crippen LogP contribution in [0.2, 0.25) is 0 Å². The number of primary amides is 1. The summed E-state index contributed by atoms with van der Waals surface area (Å²) in [7, 11) is 0. The lowest BCUT2D eigenvalue weighted by Crippen LogP contribution is -2.31. The van der Waals surface area contributed by atoms with Gasteiger partial charge < -0.3 is 52.2 Å². The van der Waals surface area contributed by atoms with Gasteiger partial charge in [-0.05, 0) is 12.1 Å². The summed E-state index contributed by atoms with van der Waals surface area (Å²) in [5.41, 5.74) is 10.4. The van der Waals surface area contributed by atoms with Crippen LogP contribution in [0.1, 0.15) is 22.1 Å². The zero-order chi connectivity index (χ0) is 27.7. The van der Waals surface area contributed by atoms with Gasteiger partial charge in [0.25, 0.3) is 11.8 Å². The third-order valence-corrected chi connectivity index (χ3v) is 5.71. The molecule has 2 aromatic heterocycles. The van der Waals surface area contributed by atoms with E-state index in [1.807, 2.05) is 0 Å². The van der Waals surface area contributed by atoms with Gasteiger partial charge in [0.1, 0.15) is 30.2 Å². The molecule has 0 spiro atoms. The number of carbonyl (C=O) groups is 2. The standard InChI is InChI=1S/C22H23N7O9/c23-18-12-20(27-6-26-18)29(7-28-12)22-17(35)15(33)11(38-22)2-1-3-25-21(37)9-4-8(5-10(30)14(9)32)13(31)16(34)19(24)36/h1-2,4-7,11,15,17,22,30-35H,3H2,(H2,24,36)(H,25,37)(H2,23,26,27). The monoisotopic (exact) mass is 529 g/mol. The van der Waals surface area contributed by atoms with Crippen molar-refractivity contribution in [2.45, 2.75) is 24.5 Å². The number of aromatic nitrogens is 4. The molecular weight excluding hydrogens is 506 g/mol. The molecule has 16 nitrogen and oxygen atoms in total. The number of nitrogens with one attached hydrogen (secondary N) is 1. The van der Waals surface area contributed by atoms with Crippen LogP contribution >= 0.6 is 0 Å². The molecule has 38 heavy (non-hydrogen) atoms. The van der Waals surface area contributed by atoms with Gasteiger partial charge in [0, 0.05) is 12.1 Å². The largest absolute Gasteiger partial charge is 0.504 e. The fourth-order valence-electron chi connectivity index (χ4n) is 3.76. The Bertz CT molecular complexity index is 1470. The first kappa shape index (κ1) is 26.1. The van der Waals surface area contributed by atoms with Crippen molar-refractivity contribution >= 4 is 34.6 Å². The van der Waals surface area contributed by atoms with E-state index in [1.54, 1.807) is 0 Å². The molecule has 1 aliphatic rings. The molecule has 3 heterocycles. The third kappa shape index (κ3) is 4.73. The highest BCUT2D eigenvalue weighted by Crippen LogP contribution is 2.34. The average Bonchev–Trinajstić information content (AvgIpc) is 3.44. The van der Waals surface area contributed by atoms with E-state index >= 15 is 0 Å². The van der Waals surface area contributed by atoms with Gasteiger partial charge in [-0.25, -0.2) is 15.0 Å². The number of anilines is 1. The first-order valence-electron chi connectivity index (χ1n) is 10.9. The van der Waals surface area contributed by atoms with Gasteiger partial charge in [-0.1, -0.05) is 12.2 Å². The van der Waals surface area contributed by atoms with Crippen LogP contribution in [0.3, 0.4) is 0 Å². The highest BCUT2D eigenvalue weighted by Gasteiger charge is 2.43. The molecule has 0 bridgehead atoms. The molecular formula is C22H23N7O9. The molecule has 16 heteroatoms. The van der Waals surface area contributed by atoms with Crippen molar-refractivity contribution in [3.63, 3.8) is 0 Å². The minimum atomic E-state index is -1.35. The zero-order valence-corrected chi connectivity index (χ0v) is 19.3. The Kier molecular flexibility index (Phi) is 7.02. The van der Waals surface area contributed by atoms with Crippen molar-refractivity contribution in [3.8, 4) is 11.5 Å². The predicted molar refractivity (Wildman–Crippen MR) is 128 cm³/mol. The minimum Gasteiger partial charge on any atom is -0.504 e. The molecule has 1 aliphatic heterocycles. The second-order valence-electron chi connectivity index (χ2n) is 8.15. The molecule has 2 amide bonds. The SMILES string of the molecule is NC(=O)C(O)=C(O)c1cc(O)c(O)c(C(=O)NCC=CC2OC(n3cnc4c(N)ncnc43)C(O)C2O)c1. The average molecular weight is 529 g/mol. The predicted octanol–water partition coefficient (Wildman–Crippen LogP) is -1.30. The summed E-state index contributed by atoms with van der Waals surface area (Å²) < 4.78 is 7.15. The van der Waals surface area contributed by atoms with E-state index in [4.69, 9.17) is 16.2 Å². The Morgan fingerprint density at radius 1 is 1.13 bits per heavy atom. The van der Waals surface area contributed by atoms with Crippen LogP contribution < -0.4 is 16.8 Å². The van der Waals surface area contributed by atoms with E-state index in [0.29, 0.717) is 11.2 Å². The second kappa shape index (κ2) is 10.2. The molecule has 3 aromatic rings. The van der Waals surface area contributed by atoms with Crippen LogP contribution in [0.25, 0.3) is 16.9 Å². The fourth-order valence-corrected chi connectivity index (χ4v) is 3.76. The number of hydrogen-bond acceptors (Lipinski definition) is 13. The Morgan fingerprint density at radius 2 is 1.87 bits per heavy atom. The van der Waals surface area contributed by atoms with E-state index in [1.165, 1.54) is 29.4 Å². The number of nitrogen functional groups attached to an aromatic ring is 1. The molecule has 11 N–H and O–H groups in total. The maximum atomic E-state index is 12.5. The summed E-state index contributed by atoms with van der Waals surface area (Å²) in [6.45, 7) is -0.150. The number of nitrogens with two attached hydrogens (primary N) is 2. The number of hydrogen-bond donors (Lipinski definition) is 9. The third-order valence-electron chi connectivity index (χ3n) is 5.71. The summed E-state index contributed by atoms with van der Waals surface area (Å²) in [6.07, 6.45) is 0.640. The van der Waals surface area contributed by atoms with E-state index in [-0.39, 0.29) is 17.9 Å². The number of aliphatic hydroxyl groups is 4. The fraction of sp³-hybridized carbons (Fsp3) is 0.227. The number of phenolic OH excluding ortho intramolecular Hbond substituents is 2. The number of amides is 2. The summed E-state index contributed by atoms with van der Waals surface area (Å²) in [5.74, 6) is -5.97. The van der Waals surface area contributed by atoms with Crippen LogP contribution in [0, 0.1) is 0 Å². The number of aliphatic hydroxyl groups excluding tert-OH is 4. The van der Waals surface area contributed by atoms with Crippen LogP contribution in [0.5, 0.6) is 11.5 Å². The number of benzene rings is 1. The Labute approximate surface area is 212 Å². The molecule has 1 saturated heterocycles. The van der Waals surface area contributed by atoms with Crippen molar-refractivity contribution in [2.24, 2.45) is 5.73 Å². The summed E-state index contributed by atoms with van der Waals surface area (Å²) in [5, 5.41) is 62.7. The van der Waals surface area contributed by atoms with Crippen molar-refractivity contribution in [3.05, 3.63) is 53.8 Å². The highest BCUT2D eigenvalue weighted by atomic mass is 16.6. The number of carbonyl (C=O) groups excluding carboxylic acids is 2. The number of ether oxygens (including phenoxy) is 1. The summed E-state index contributed by atoms with van der Waals surface area (Å²) >= 11 is 0. The minimum absolute atomic E-state index is 0.134. The smallest absolute Gasteiger partial charge is 0.287 e. The van der Waals surface area contributed by atoms with E-state index in [0.717, 1.165) is 12.1 Å². The highest BCUT2D eigenvalue weighted by molar-refractivity contribution is 6.00. The number of aromatic hydroxyl groups is 2. The number of nitrogens with zero attached hydrogens (tertiary/aromatic N) is 4. The van der Waals surface area contributed by atoms with Gasteiger partial charge in [-0.3, -0.25) is 14.2 Å². The molecule has 1 aromatic carbocycles. The summed E-state index contributed by atoms with van der Waals surface area (Å²) in [6, 6.07) is 1.73. The maximum Gasteiger partial charge on any atom is 0.287 e. The van der Waals surface area contributed by atoms with Crippen LogP contribution in [-0.2, 0) is 9.53 Å². The van der Waals surface area contributed by atoms with Gasteiger partial charge in [0.05, 0.1) is 11.9 Å². The second-order valence-corrected chi connectivity index (χ2v) is 8.15. The van der Waals surface area contributed by atoms with E-state index in [9.17, 15) is 40.2 Å². The normalized spacial score (nSPS) is 22.1. The molecule has 4 rings (SSSR count). The molecule has 1 fully saturated rings. The zero-order valence-electron chi connectivity index (χ0n) is 19.3. The maximum absolute atomic E-state index is 12.5. The number of phenols is 2. The topological polar surface area (TPSA) is 272 Å². The molecule has 0 radical (unpaired) electrons. The van der Waals surface area contributed by atoms with E-state index in [2.05, 4.69) is 20.3 Å². The van der Waals surface area contributed by atoms with Crippen LogP contribution in [-0.4, -0.2) is 86.8 Å². The quantitative estimate of drug-likeness (QED) is 0.0745. The Morgan fingerprint density at radius 3 is 2.58 bits per heavy atom. The lowest BCUT2D eigenvalue weighted by molar-refractivity contribution is -0.116. The van der Waals surface area contributed by atoms with Gasteiger partial charge in [0.2, 0.25) is 5.76 Å². The van der Waals surface area contributed by atoms with Crippen molar-refractivity contribution in [1.82, 2.24) is 24.8 Å². The lowest BCUT2D eigenvalue weighted by Gasteiger charge is -2.16. The van der Waals surface area contributed by atoms with Gasteiger partial charge >= 0.3 is 0 Å². The lowest BCUT2D eigenvalue weighted by atomic mass is 10.1. The Balaban J connectivity index is 1.44. The molecule has 200 valence electrons. The number of imidazole rings is 1. The van der Waals surface area contributed by atoms with Gasteiger partial charge in [0.15, 0.2) is 35.0 Å². The molecule has 4 unspecified atom stereocenters. The van der Waals surface area contributed by atoms with Crippen LogP contribution in [0.4, 0.5) is 5.82 Å². The first-order valence-corrected chi connectivity index (χ1v) is 10.9. The number of rotatable bonds is 7. The summed E-state index contributed by atoms with van der Waals surface area (Å²) in [4.78, 5) is 35.6. The van der Waals surface area contributed by atoms with Crippen molar-refractivity contribution in [2.75, 3.05) is 12.3 Å². The van der Waals surface area contributed by atoms with Crippen LogP contribution in [0.15, 0.2) is 42.7 Å². The molecule has 0 aliphatic carbocycles. The van der Waals surface area contributed by atoms with Gasteiger partial charge in [-0.2, -0.15) is 0 Å². The Hall–Kier alpha value is -4.93. The van der Waals surface area contributed by atoms with Gasteiger partial charge in [-0.15, -0.1) is 0 Å². The molecule has 4 atom stereocenters. The molecule has 0 saturated carbocycles. The van der Waals surface area contributed by atoms with Crippen molar-refractivity contribution in [1.29, 1.82) is 0 Å². The first-order chi connectivity index (χ1) is 18.0.